The number of fused-ring (bicyclic) bond motifs is 2. The molecule has 2 aliphatic rings. The Hall–Kier alpha value is -1.32. The molecule has 0 spiro atoms. The number of carboxylic acid groups (broad SMARTS) is 1. The maximum Gasteiger partial charge on any atom is 0.320 e. The molecule has 2 fully saturated rings. The molecule has 2 rings (SSSR count). The van der Waals surface area contributed by atoms with Crippen LogP contribution in [0.2, 0.25) is 0 Å². The fraction of sp³-hybridized carbons (Fsp3) is 0.667. The smallest absolute Gasteiger partial charge is 0.320 e. The van der Waals surface area contributed by atoms with Crippen molar-refractivity contribution in [3.63, 3.8) is 0 Å². The van der Waals surface area contributed by atoms with Gasteiger partial charge in [-0.05, 0) is 35.5 Å². The highest BCUT2D eigenvalue weighted by Gasteiger charge is 2.64. The monoisotopic (exact) mass is 223 g/mol. The van der Waals surface area contributed by atoms with Crippen LogP contribution in [0.5, 0.6) is 0 Å². The third-order valence-corrected chi connectivity index (χ3v) is 4.76. The molecule has 0 unspecified atom stereocenters. The standard InChI is InChI=1S/C12H16O4/c1-11(2)6-4-5-12(11,3)9(14)7(6)8(13)10(15)16/h6,13H,4-5H2,1-3H3,(H,15,16)/p-1/b8-7-/t6-,12+/m0/s1. The van der Waals surface area contributed by atoms with Gasteiger partial charge in [0.1, 0.15) is 0 Å². The van der Waals surface area contributed by atoms with Gasteiger partial charge in [0, 0.05) is 5.41 Å². The zero-order valence-electron chi connectivity index (χ0n) is 9.66. The maximum absolute atomic E-state index is 12.1. The molecule has 0 aromatic heterocycles. The fourth-order valence-electron chi connectivity index (χ4n) is 3.24. The summed E-state index contributed by atoms with van der Waals surface area (Å²) in [6.07, 6.45) is 1.49. The fourth-order valence-corrected chi connectivity index (χ4v) is 3.24. The summed E-state index contributed by atoms with van der Waals surface area (Å²) in [5.74, 6) is -2.96. The van der Waals surface area contributed by atoms with Crippen LogP contribution in [0, 0.1) is 16.7 Å². The largest absolute Gasteiger partial charge is 0.867 e. The van der Waals surface area contributed by atoms with Crippen molar-refractivity contribution in [3.8, 4) is 0 Å². The zero-order valence-corrected chi connectivity index (χ0v) is 9.66. The Morgan fingerprint density at radius 3 is 2.38 bits per heavy atom. The minimum atomic E-state index is -1.52. The molecule has 4 nitrogen and oxygen atoms in total. The summed E-state index contributed by atoms with van der Waals surface area (Å²) in [7, 11) is 0. The first-order valence-corrected chi connectivity index (χ1v) is 5.43. The Labute approximate surface area is 94.0 Å². The van der Waals surface area contributed by atoms with Gasteiger partial charge in [-0.1, -0.05) is 20.8 Å². The second kappa shape index (κ2) is 2.87. The van der Waals surface area contributed by atoms with E-state index in [1.54, 1.807) is 0 Å². The van der Waals surface area contributed by atoms with E-state index in [2.05, 4.69) is 0 Å². The van der Waals surface area contributed by atoms with Gasteiger partial charge in [-0.15, -0.1) is 0 Å². The van der Waals surface area contributed by atoms with Crippen LogP contribution in [0.1, 0.15) is 33.6 Å². The molecule has 0 saturated heterocycles. The van der Waals surface area contributed by atoms with Crippen molar-refractivity contribution in [2.45, 2.75) is 33.6 Å². The first-order chi connectivity index (χ1) is 7.23. The van der Waals surface area contributed by atoms with Gasteiger partial charge < -0.3 is 10.2 Å². The van der Waals surface area contributed by atoms with Gasteiger partial charge in [0.25, 0.3) is 0 Å². The van der Waals surface area contributed by atoms with E-state index < -0.39 is 17.1 Å². The van der Waals surface area contributed by atoms with E-state index in [0.717, 1.165) is 12.8 Å². The summed E-state index contributed by atoms with van der Waals surface area (Å²) in [6, 6.07) is 0. The molecule has 88 valence electrons. The molecule has 2 saturated carbocycles. The number of Topliss-reactive ketones (excluding diaryl/α,β-unsaturated/α-hetero) is 1. The first kappa shape index (κ1) is 11.2. The lowest BCUT2D eigenvalue weighted by Gasteiger charge is -2.31. The minimum absolute atomic E-state index is 0.0197. The van der Waals surface area contributed by atoms with Crippen LogP contribution in [0.4, 0.5) is 0 Å². The number of carbonyl (C=O) groups excluding carboxylic acids is 1. The molecular formula is C12H15O4-. The summed E-state index contributed by atoms with van der Waals surface area (Å²) in [5.41, 5.74) is -0.839. The van der Waals surface area contributed by atoms with Gasteiger partial charge >= 0.3 is 5.97 Å². The molecule has 0 radical (unpaired) electrons. The number of allylic oxidation sites excluding steroid dienone is 1. The van der Waals surface area contributed by atoms with Crippen molar-refractivity contribution >= 4 is 11.8 Å². The number of carboxylic acids is 1. The Morgan fingerprint density at radius 2 is 2.00 bits per heavy atom. The quantitative estimate of drug-likeness (QED) is 0.524. The lowest BCUT2D eigenvalue weighted by molar-refractivity contribution is -0.304. The molecule has 0 heterocycles. The van der Waals surface area contributed by atoms with Gasteiger partial charge in [0.15, 0.2) is 5.78 Å². The molecule has 0 aromatic rings. The highest BCUT2D eigenvalue weighted by molar-refractivity contribution is 6.08. The van der Waals surface area contributed by atoms with Crippen LogP contribution < -0.4 is 5.11 Å². The zero-order chi connectivity index (χ0) is 12.3. The van der Waals surface area contributed by atoms with Crippen LogP contribution in [0.3, 0.4) is 0 Å². The number of hydrogen-bond donors (Lipinski definition) is 1. The van der Waals surface area contributed by atoms with Gasteiger partial charge in [0.2, 0.25) is 0 Å². The highest BCUT2D eigenvalue weighted by atomic mass is 16.4. The molecule has 0 amide bonds. The molecule has 2 aliphatic carbocycles. The second-order valence-electron chi connectivity index (χ2n) is 5.52. The normalized spacial score (nSPS) is 38.9. The lowest BCUT2D eigenvalue weighted by Crippen LogP contribution is -2.33. The first-order valence-electron chi connectivity index (χ1n) is 5.43. The summed E-state index contributed by atoms with van der Waals surface area (Å²) in [6.45, 7) is 5.74. The number of carbonyl (C=O) groups is 2. The van der Waals surface area contributed by atoms with Crippen molar-refractivity contribution in [2.24, 2.45) is 16.7 Å². The van der Waals surface area contributed by atoms with E-state index in [9.17, 15) is 14.7 Å². The van der Waals surface area contributed by atoms with Crippen molar-refractivity contribution in [2.75, 3.05) is 0 Å². The second-order valence-corrected chi connectivity index (χ2v) is 5.52. The van der Waals surface area contributed by atoms with Crippen molar-refractivity contribution < 1.29 is 19.8 Å². The van der Waals surface area contributed by atoms with E-state index in [4.69, 9.17) is 5.11 Å². The van der Waals surface area contributed by atoms with Crippen LogP contribution in [-0.2, 0) is 9.59 Å². The average molecular weight is 223 g/mol. The van der Waals surface area contributed by atoms with E-state index >= 15 is 0 Å². The Morgan fingerprint density at radius 1 is 1.44 bits per heavy atom. The summed E-state index contributed by atoms with van der Waals surface area (Å²) >= 11 is 0. The predicted octanol–water partition coefficient (Wildman–Crippen LogP) is 0.711. The molecule has 2 atom stereocenters. The predicted molar refractivity (Wildman–Crippen MR) is 54.3 cm³/mol. The van der Waals surface area contributed by atoms with Gasteiger partial charge in [0.05, 0.1) is 0 Å². The Kier molecular flexibility index (Phi) is 2.00. The third kappa shape index (κ3) is 0.996. The van der Waals surface area contributed by atoms with Gasteiger partial charge in [-0.3, -0.25) is 4.79 Å². The maximum atomic E-state index is 12.1. The van der Waals surface area contributed by atoms with Crippen LogP contribution >= 0.6 is 0 Å². The number of ketones is 1. The number of rotatable bonds is 1. The Bertz CT molecular complexity index is 419. The minimum Gasteiger partial charge on any atom is -0.867 e. The van der Waals surface area contributed by atoms with Gasteiger partial charge in [-0.25, -0.2) is 4.79 Å². The number of aliphatic carboxylic acids is 1. The summed E-state index contributed by atoms with van der Waals surface area (Å²) in [5, 5.41) is 20.2. The van der Waals surface area contributed by atoms with Crippen molar-refractivity contribution in [3.05, 3.63) is 11.3 Å². The molecule has 0 aromatic carbocycles. The van der Waals surface area contributed by atoms with Crippen molar-refractivity contribution in [1.82, 2.24) is 0 Å². The molecule has 4 heteroatoms. The lowest BCUT2D eigenvalue weighted by atomic mass is 9.70. The molecule has 2 bridgehead atoms. The van der Waals surface area contributed by atoms with Crippen LogP contribution in [0.25, 0.3) is 0 Å². The van der Waals surface area contributed by atoms with Crippen LogP contribution in [0.15, 0.2) is 11.3 Å². The molecule has 16 heavy (non-hydrogen) atoms. The SMILES string of the molecule is CC1(C)[C@H]2CC[C@]1(C)C(=O)/C2=C(\[O-])C(=O)O. The Balaban J connectivity index is 2.61. The average Bonchev–Trinajstić information content (AvgIpc) is 2.48. The highest BCUT2D eigenvalue weighted by Crippen LogP contribution is 2.65. The van der Waals surface area contributed by atoms with E-state index in [0.29, 0.717) is 0 Å². The van der Waals surface area contributed by atoms with Crippen molar-refractivity contribution in [1.29, 1.82) is 0 Å². The van der Waals surface area contributed by atoms with Gasteiger partial charge in [-0.2, -0.15) is 0 Å². The molecule has 0 aliphatic heterocycles. The van der Waals surface area contributed by atoms with E-state index in [-0.39, 0.29) is 22.7 Å². The molecular weight excluding hydrogens is 208 g/mol. The molecule has 1 N–H and O–H groups in total. The third-order valence-electron chi connectivity index (χ3n) is 4.76. The van der Waals surface area contributed by atoms with E-state index in [1.807, 2.05) is 20.8 Å². The van der Waals surface area contributed by atoms with E-state index in [1.165, 1.54) is 0 Å². The van der Waals surface area contributed by atoms with Crippen LogP contribution in [-0.4, -0.2) is 16.9 Å². The summed E-state index contributed by atoms with van der Waals surface area (Å²) in [4.78, 5) is 22.8. The summed E-state index contributed by atoms with van der Waals surface area (Å²) < 4.78 is 0. The number of hydrogen-bond acceptors (Lipinski definition) is 3. The topological polar surface area (TPSA) is 77.4 Å².